The molecule has 2 nitrogen and oxygen atoms in total. The van der Waals surface area contributed by atoms with Gasteiger partial charge >= 0.3 is 5.97 Å². The fraction of sp³-hybridized carbons (Fsp3) is 0.300. The van der Waals surface area contributed by atoms with Crippen LogP contribution in [0.25, 0.3) is 0 Å². The zero-order valence-electron chi connectivity index (χ0n) is 8.27. The van der Waals surface area contributed by atoms with Gasteiger partial charge in [-0.05, 0) is 13.0 Å². The summed E-state index contributed by atoms with van der Waals surface area (Å²) in [6.07, 6.45) is 0. The first-order valence-electron chi connectivity index (χ1n) is 4.42. The number of halogens is 4. The fourth-order valence-electron chi connectivity index (χ4n) is 1.07. The molecule has 0 aliphatic rings. The summed E-state index contributed by atoms with van der Waals surface area (Å²) in [5.74, 6) is -4.61. The quantitative estimate of drug-likeness (QED) is 0.470. The number of hydrogen-bond donors (Lipinski definition) is 0. The van der Waals surface area contributed by atoms with Gasteiger partial charge in [0.05, 0.1) is 6.61 Å². The third kappa shape index (κ3) is 2.66. The highest BCUT2D eigenvalue weighted by molar-refractivity contribution is 6.29. The number of alkyl halides is 1. The molecule has 16 heavy (non-hydrogen) atoms. The van der Waals surface area contributed by atoms with E-state index in [1.807, 2.05) is 0 Å². The van der Waals surface area contributed by atoms with E-state index in [-0.39, 0.29) is 6.61 Å². The topological polar surface area (TPSA) is 26.3 Å². The molecule has 1 aromatic rings. The van der Waals surface area contributed by atoms with Crippen molar-refractivity contribution in [3.63, 3.8) is 0 Å². The zero-order valence-corrected chi connectivity index (χ0v) is 9.02. The molecule has 0 saturated carbocycles. The second-order valence-corrected chi connectivity index (χ2v) is 3.34. The number of hydrogen-bond acceptors (Lipinski definition) is 2. The predicted octanol–water partition coefficient (Wildman–Crippen LogP) is 2.95. The molecule has 0 aliphatic carbocycles. The molecule has 1 atom stereocenters. The van der Waals surface area contributed by atoms with E-state index in [0.29, 0.717) is 12.1 Å². The van der Waals surface area contributed by atoms with Crippen LogP contribution < -0.4 is 0 Å². The molecule has 0 bridgehead atoms. The molecule has 0 fully saturated rings. The first-order chi connectivity index (χ1) is 7.47. The van der Waals surface area contributed by atoms with Crippen molar-refractivity contribution in [3.8, 4) is 0 Å². The van der Waals surface area contributed by atoms with Gasteiger partial charge in [0.25, 0.3) is 0 Å². The van der Waals surface area contributed by atoms with Crippen molar-refractivity contribution in [1.29, 1.82) is 0 Å². The maximum atomic E-state index is 13.2. The molecular weight excluding hydrogens is 245 g/mol. The first kappa shape index (κ1) is 12.8. The summed E-state index contributed by atoms with van der Waals surface area (Å²) in [7, 11) is 0. The highest BCUT2D eigenvalue weighted by atomic mass is 35.5. The number of ether oxygens (including phenoxy) is 1. The number of carbonyl (C=O) groups excluding carboxylic acids is 1. The van der Waals surface area contributed by atoms with E-state index in [9.17, 15) is 18.0 Å². The van der Waals surface area contributed by atoms with Crippen molar-refractivity contribution in [1.82, 2.24) is 0 Å². The van der Waals surface area contributed by atoms with Crippen molar-refractivity contribution >= 4 is 17.6 Å². The van der Waals surface area contributed by atoms with E-state index in [1.54, 1.807) is 6.92 Å². The van der Waals surface area contributed by atoms with Crippen LogP contribution in [0.5, 0.6) is 0 Å². The van der Waals surface area contributed by atoms with Crippen LogP contribution in [0.1, 0.15) is 17.9 Å². The van der Waals surface area contributed by atoms with Gasteiger partial charge in [-0.15, -0.1) is 11.6 Å². The average molecular weight is 253 g/mol. The summed E-state index contributed by atoms with van der Waals surface area (Å²) in [4.78, 5) is 11.2. The summed E-state index contributed by atoms with van der Waals surface area (Å²) < 4.78 is 43.1. The molecule has 6 heteroatoms. The molecule has 1 aromatic carbocycles. The minimum absolute atomic E-state index is 0.0628. The summed E-state index contributed by atoms with van der Waals surface area (Å²) in [5, 5.41) is -1.49. The fourth-order valence-corrected chi connectivity index (χ4v) is 1.30. The Morgan fingerprint density at radius 3 is 2.44 bits per heavy atom. The summed E-state index contributed by atoms with van der Waals surface area (Å²) >= 11 is 5.56. The SMILES string of the molecule is CCOC(=O)C(Cl)c1cc(F)c(F)cc1F. The van der Waals surface area contributed by atoms with Crippen LogP contribution in [0.3, 0.4) is 0 Å². The Morgan fingerprint density at radius 1 is 1.31 bits per heavy atom. The maximum absolute atomic E-state index is 13.2. The Kier molecular flexibility index (Phi) is 4.18. The van der Waals surface area contributed by atoms with Crippen LogP contribution in [0, 0.1) is 17.5 Å². The Morgan fingerprint density at radius 2 is 1.88 bits per heavy atom. The van der Waals surface area contributed by atoms with E-state index >= 15 is 0 Å². The molecule has 0 amide bonds. The van der Waals surface area contributed by atoms with Crippen LogP contribution in [-0.4, -0.2) is 12.6 Å². The van der Waals surface area contributed by atoms with Crippen molar-refractivity contribution in [2.24, 2.45) is 0 Å². The smallest absolute Gasteiger partial charge is 0.328 e. The third-order valence-electron chi connectivity index (χ3n) is 1.81. The maximum Gasteiger partial charge on any atom is 0.328 e. The van der Waals surface area contributed by atoms with Gasteiger partial charge in [0, 0.05) is 11.6 Å². The van der Waals surface area contributed by atoms with Gasteiger partial charge in [-0.2, -0.15) is 0 Å². The predicted molar refractivity (Wildman–Crippen MR) is 51.5 cm³/mol. The van der Waals surface area contributed by atoms with Crippen molar-refractivity contribution in [2.75, 3.05) is 6.61 Å². The number of rotatable bonds is 3. The summed E-state index contributed by atoms with van der Waals surface area (Å²) in [6, 6.07) is 0.874. The lowest BCUT2D eigenvalue weighted by Gasteiger charge is -2.10. The highest BCUT2D eigenvalue weighted by Crippen LogP contribution is 2.26. The molecule has 88 valence electrons. The second kappa shape index (κ2) is 5.21. The van der Waals surface area contributed by atoms with Gasteiger partial charge in [-0.25, -0.2) is 13.2 Å². The van der Waals surface area contributed by atoms with Gasteiger partial charge in [0.1, 0.15) is 5.82 Å². The molecule has 0 aromatic heterocycles. The molecular formula is C10H8ClF3O2. The molecule has 0 saturated heterocycles. The highest BCUT2D eigenvalue weighted by Gasteiger charge is 2.24. The third-order valence-corrected chi connectivity index (χ3v) is 2.22. The van der Waals surface area contributed by atoms with E-state index in [2.05, 4.69) is 4.74 Å². The zero-order chi connectivity index (χ0) is 12.3. The Bertz CT molecular complexity index is 409. The molecule has 0 heterocycles. The van der Waals surface area contributed by atoms with Crippen molar-refractivity contribution in [3.05, 3.63) is 35.1 Å². The molecule has 1 rings (SSSR count). The van der Waals surface area contributed by atoms with Crippen LogP contribution in [0.2, 0.25) is 0 Å². The minimum Gasteiger partial charge on any atom is -0.465 e. The number of benzene rings is 1. The van der Waals surface area contributed by atoms with Crippen LogP contribution >= 0.6 is 11.6 Å². The van der Waals surface area contributed by atoms with Gasteiger partial charge < -0.3 is 4.74 Å². The molecule has 0 radical (unpaired) electrons. The van der Waals surface area contributed by atoms with E-state index in [1.165, 1.54) is 0 Å². The van der Waals surface area contributed by atoms with E-state index in [0.717, 1.165) is 0 Å². The molecule has 0 aliphatic heterocycles. The summed E-state index contributed by atoms with van der Waals surface area (Å²) in [5.41, 5.74) is -0.445. The Balaban J connectivity index is 3.04. The van der Waals surface area contributed by atoms with E-state index in [4.69, 9.17) is 11.6 Å². The number of carbonyl (C=O) groups is 1. The van der Waals surface area contributed by atoms with Gasteiger partial charge in [-0.1, -0.05) is 0 Å². The molecule has 0 N–H and O–H groups in total. The lowest BCUT2D eigenvalue weighted by Crippen LogP contribution is -2.13. The standard InChI is InChI=1S/C10H8ClF3O2/c1-2-16-10(15)9(11)5-3-7(13)8(14)4-6(5)12/h3-4,9H,2H2,1H3. The van der Waals surface area contributed by atoms with Gasteiger partial charge in [0.15, 0.2) is 17.0 Å². The normalized spacial score (nSPS) is 12.3. The lowest BCUT2D eigenvalue weighted by molar-refractivity contribution is -0.142. The lowest BCUT2D eigenvalue weighted by atomic mass is 10.1. The van der Waals surface area contributed by atoms with E-state index < -0.39 is 34.4 Å². The monoisotopic (exact) mass is 252 g/mol. The molecule has 1 unspecified atom stereocenters. The van der Waals surface area contributed by atoms with Gasteiger partial charge in [0.2, 0.25) is 0 Å². The second-order valence-electron chi connectivity index (χ2n) is 2.90. The Labute approximate surface area is 95.0 Å². The largest absolute Gasteiger partial charge is 0.465 e. The van der Waals surface area contributed by atoms with Crippen LogP contribution in [0.15, 0.2) is 12.1 Å². The number of esters is 1. The first-order valence-corrected chi connectivity index (χ1v) is 4.86. The van der Waals surface area contributed by atoms with Crippen molar-refractivity contribution < 1.29 is 22.7 Å². The van der Waals surface area contributed by atoms with Crippen molar-refractivity contribution in [2.45, 2.75) is 12.3 Å². The minimum atomic E-state index is -1.49. The average Bonchev–Trinajstić information content (AvgIpc) is 2.23. The van der Waals surface area contributed by atoms with Gasteiger partial charge in [-0.3, -0.25) is 4.79 Å². The molecule has 0 spiro atoms. The Hall–Kier alpha value is -1.23. The van der Waals surface area contributed by atoms with Crippen LogP contribution in [-0.2, 0) is 9.53 Å². The van der Waals surface area contributed by atoms with Crippen LogP contribution in [0.4, 0.5) is 13.2 Å². The summed E-state index contributed by atoms with van der Waals surface area (Å²) in [6.45, 7) is 1.61.